The van der Waals surface area contributed by atoms with Gasteiger partial charge in [-0.2, -0.15) is 0 Å². The zero-order valence-electron chi connectivity index (χ0n) is 9.50. The Morgan fingerprint density at radius 1 is 1.44 bits per heavy atom. The Bertz CT molecular complexity index is 360. The van der Waals surface area contributed by atoms with Crippen LogP contribution in [-0.2, 0) is 16.0 Å². The monoisotopic (exact) mass is 225 g/mol. The standard InChI is InChI=1S/C12H16FNO2/c1-3-16-11(15)12(2,14)8-9-4-6-10(13)7-5-9/h4-7H,3,8,14H2,1-2H3. The minimum atomic E-state index is -1.08. The molecular formula is C12H16FNO2. The van der Waals surface area contributed by atoms with Gasteiger partial charge >= 0.3 is 5.97 Å². The van der Waals surface area contributed by atoms with Crippen LogP contribution >= 0.6 is 0 Å². The van der Waals surface area contributed by atoms with Gasteiger partial charge in [0, 0.05) is 6.42 Å². The molecule has 1 aromatic carbocycles. The first-order chi connectivity index (χ1) is 7.45. The summed E-state index contributed by atoms with van der Waals surface area (Å²) in [6.45, 7) is 3.63. The molecule has 0 heterocycles. The van der Waals surface area contributed by atoms with Gasteiger partial charge in [-0.3, -0.25) is 4.79 Å². The van der Waals surface area contributed by atoms with Gasteiger partial charge in [-0.1, -0.05) is 12.1 Å². The van der Waals surface area contributed by atoms with Crippen LogP contribution in [0.3, 0.4) is 0 Å². The predicted octanol–water partition coefficient (Wildman–Crippen LogP) is 1.65. The van der Waals surface area contributed by atoms with E-state index in [2.05, 4.69) is 0 Å². The number of nitrogens with two attached hydrogens (primary N) is 1. The molecule has 0 aliphatic rings. The van der Waals surface area contributed by atoms with Crippen molar-refractivity contribution in [2.45, 2.75) is 25.8 Å². The van der Waals surface area contributed by atoms with Gasteiger partial charge in [0.05, 0.1) is 6.61 Å². The fourth-order valence-corrected chi connectivity index (χ4v) is 1.39. The molecule has 4 heteroatoms. The largest absolute Gasteiger partial charge is 0.465 e. The van der Waals surface area contributed by atoms with Crippen LogP contribution in [0.5, 0.6) is 0 Å². The average Bonchev–Trinajstić information content (AvgIpc) is 2.21. The van der Waals surface area contributed by atoms with Gasteiger partial charge < -0.3 is 10.5 Å². The smallest absolute Gasteiger partial charge is 0.326 e. The molecule has 1 atom stereocenters. The summed E-state index contributed by atoms with van der Waals surface area (Å²) < 4.78 is 17.5. The highest BCUT2D eigenvalue weighted by Gasteiger charge is 2.30. The van der Waals surface area contributed by atoms with Crippen molar-refractivity contribution in [1.29, 1.82) is 0 Å². The maximum atomic E-state index is 12.7. The van der Waals surface area contributed by atoms with Gasteiger partial charge in [0.15, 0.2) is 0 Å². The average molecular weight is 225 g/mol. The molecule has 0 saturated heterocycles. The first kappa shape index (κ1) is 12.6. The van der Waals surface area contributed by atoms with Gasteiger partial charge in [0.2, 0.25) is 0 Å². The van der Waals surface area contributed by atoms with Crippen molar-refractivity contribution in [3.63, 3.8) is 0 Å². The molecule has 0 spiro atoms. The molecule has 0 saturated carbocycles. The number of carbonyl (C=O) groups excluding carboxylic acids is 1. The maximum Gasteiger partial charge on any atom is 0.326 e. The summed E-state index contributed by atoms with van der Waals surface area (Å²) in [6, 6.07) is 5.91. The first-order valence-electron chi connectivity index (χ1n) is 5.16. The van der Waals surface area contributed by atoms with E-state index in [0.29, 0.717) is 13.0 Å². The van der Waals surface area contributed by atoms with Crippen molar-refractivity contribution in [3.8, 4) is 0 Å². The third kappa shape index (κ3) is 3.31. The van der Waals surface area contributed by atoms with E-state index in [4.69, 9.17) is 10.5 Å². The van der Waals surface area contributed by atoms with Crippen LogP contribution in [-0.4, -0.2) is 18.1 Å². The molecule has 2 N–H and O–H groups in total. The summed E-state index contributed by atoms with van der Waals surface area (Å²) in [5, 5.41) is 0. The van der Waals surface area contributed by atoms with Crippen LogP contribution in [0.1, 0.15) is 19.4 Å². The highest BCUT2D eigenvalue weighted by atomic mass is 19.1. The third-order valence-electron chi connectivity index (χ3n) is 2.23. The maximum absolute atomic E-state index is 12.7. The predicted molar refractivity (Wildman–Crippen MR) is 59.3 cm³/mol. The Balaban J connectivity index is 2.72. The molecule has 0 aromatic heterocycles. The lowest BCUT2D eigenvalue weighted by Gasteiger charge is -2.22. The molecule has 1 aromatic rings. The third-order valence-corrected chi connectivity index (χ3v) is 2.23. The minimum absolute atomic E-state index is 0.301. The van der Waals surface area contributed by atoms with E-state index in [1.54, 1.807) is 26.0 Å². The second-order valence-electron chi connectivity index (χ2n) is 3.94. The van der Waals surface area contributed by atoms with Crippen molar-refractivity contribution < 1.29 is 13.9 Å². The second kappa shape index (κ2) is 5.07. The zero-order chi connectivity index (χ0) is 12.2. The molecule has 0 amide bonds. The molecule has 88 valence electrons. The molecule has 0 aliphatic carbocycles. The van der Waals surface area contributed by atoms with Crippen LogP contribution < -0.4 is 5.73 Å². The van der Waals surface area contributed by atoms with Crippen LogP contribution in [0.4, 0.5) is 4.39 Å². The molecule has 1 unspecified atom stereocenters. The van der Waals surface area contributed by atoms with Gasteiger partial charge in [0.1, 0.15) is 11.4 Å². The van der Waals surface area contributed by atoms with E-state index >= 15 is 0 Å². The summed E-state index contributed by atoms with van der Waals surface area (Å²) >= 11 is 0. The van der Waals surface area contributed by atoms with E-state index in [1.165, 1.54) is 12.1 Å². The lowest BCUT2D eigenvalue weighted by molar-refractivity contribution is -0.148. The Hall–Kier alpha value is -1.42. The number of hydrogen-bond acceptors (Lipinski definition) is 3. The Morgan fingerprint density at radius 3 is 2.50 bits per heavy atom. The van der Waals surface area contributed by atoms with Crippen molar-refractivity contribution in [3.05, 3.63) is 35.6 Å². The summed E-state index contributed by atoms with van der Waals surface area (Å²) in [7, 11) is 0. The van der Waals surface area contributed by atoms with Crippen LogP contribution in [0.15, 0.2) is 24.3 Å². The summed E-state index contributed by atoms with van der Waals surface area (Å²) in [4.78, 5) is 11.5. The summed E-state index contributed by atoms with van der Waals surface area (Å²) in [5.74, 6) is -0.752. The Morgan fingerprint density at radius 2 is 2.00 bits per heavy atom. The molecule has 0 fully saturated rings. The lowest BCUT2D eigenvalue weighted by Crippen LogP contribution is -2.48. The van der Waals surface area contributed by atoms with Crippen LogP contribution in [0.2, 0.25) is 0 Å². The van der Waals surface area contributed by atoms with E-state index in [1.807, 2.05) is 0 Å². The molecule has 3 nitrogen and oxygen atoms in total. The van der Waals surface area contributed by atoms with E-state index in [9.17, 15) is 9.18 Å². The van der Waals surface area contributed by atoms with Crippen LogP contribution in [0, 0.1) is 5.82 Å². The van der Waals surface area contributed by atoms with Crippen molar-refractivity contribution in [1.82, 2.24) is 0 Å². The molecule has 16 heavy (non-hydrogen) atoms. The van der Waals surface area contributed by atoms with Crippen LogP contribution in [0.25, 0.3) is 0 Å². The van der Waals surface area contributed by atoms with Crippen molar-refractivity contribution in [2.75, 3.05) is 6.61 Å². The minimum Gasteiger partial charge on any atom is -0.465 e. The highest BCUT2D eigenvalue weighted by molar-refractivity contribution is 5.80. The normalized spacial score (nSPS) is 14.2. The molecule has 0 aliphatic heterocycles. The Kier molecular flexibility index (Phi) is 4.01. The van der Waals surface area contributed by atoms with E-state index in [-0.39, 0.29) is 5.82 Å². The number of hydrogen-bond donors (Lipinski definition) is 1. The van der Waals surface area contributed by atoms with Crippen molar-refractivity contribution >= 4 is 5.97 Å². The van der Waals surface area contributed by atoms with E-state index in [0.717, 1.165) is 5.56 Å². The topological polar surface area (TPSA) is 52.3 Å². The fourth-order valence-electron chi connectivity index (χ4n) is 1.39. The van der Waals surface area contributed by atoms with Gasteiger partial charge in [0.25, 0.3) is 0 Å². The SMILES string of the molecule is CCOC(=O)C(C)(N)Cc1ccc(F)cc1. The number of benzene rings is 1. The van der Waals surface area contributed by atoms with Gasteiger partial charge in [-0.15, -0.1) is 0 Å². The first-order valence-corrected chi connectivity index (χ1v) is 5.16. The quantitative estimate of drug-likeness (QED) is 0.793. The number of esters is 1. The molecular weight excluding hydrogens is 209 g/mol. The number of halogens is 1. The number of carbonyl (C=O) groups is 1. The van der Waals surface area contributed by atoms with Crippen molar-refractivity contribution in [2.24, 2.45) is 5.73 Å². The number of rotatable bonds is 4. The Labute approximate surface area is 94.4 Å². The fraction of sp³-hybridized carbons (Fsp3) is 0.417. The molecule has 1 rings (SSSR count). The lowest BCUT2D eigenvalue weighted by atomic mass is 9.94. The molecule has 0 radical (unpaired) electrons. The molecule has 0 bridgehead atoms. The number of ether oxygens (including phenoxy) is 1. The highest BCUT2D eigenvalue weighted by Crippen LogP contribution is 2.13. The zero-order valence-corrected chi connectivity index (χ0v) is 9.50. The second-order valence-corrected chi connectivity index (χ2v) is 3.94. The van der Waals surface area contributed by atoms with Gasteiger partial charge in [-0.05, 0) is 31.5 Å². The summed E-state index contributed by atoms with van der Waals surface area (Å²) in [6.07, 6.45) is 0.326. The summed E-state index contributed by atoms with van der Waals surface area (Å²) in [5.41, 5.74) is 5.58. The van der Waals surface area contributed by atoms with E-state index < -0.39 is 11.5 Å². The van der Waals surface area contributed by atoms with Gasteiger partial charge in [-0.25, -0.2) is 4.39 Å².